The molecule has 0 aromatic carbocycles. The number of hydrogen-bond acceptors (Lipinski definition) is 1. The number of aryl methyl sites for hydroxylation is 1. The van der Waals surface area contributed by atoms with Gasteiger partial charge >= 0.3 is 0 Å². The van der Waals surface area contributed by atoms with Crippen molar-refractivity contribution in [3.05, 3.63) is 22.1 Å². The van der Waals surface area contributed by atoms with Crippen LogP contribution in [0.25, 0.3) is 0 Å². The third kappa shape index (κ3) is 0.800. The lowest BCUT2D eigenvalue weighted by Crippen LogP contribution is -1.63. The lowest BCUT2D eigenvalue weighted by atomic mass is 10.5. The Hall–Kier alpha value is -0.370. The Labute approximate surface area is 45.6 Å². The summed E-state index contributed by atoms with van der Waals surface area (Å²) in [7, 11) is 0. The van der Waals surface area contributed by atoms with Crippen LogP contribution in [0.1, 0.15) is 4.88 Å². The van der Waals surface area contributed by atoms with Crippen molar-refractivity contribution in [1.29, 1.82) is 0 Å². The molecule has 0 unspecified atom stereocenters. The molecule has 0 atom stereocenters. The maximum absolute atomic E-state index is 12.1. The standard InChI is InChI=1S/C5H4FS/c1-4-5(6)2-3-7-4/h2H,1H3. The van der Waals surface area contributed by atoms with Crippen LogP contribution in [0.3, 0.4) is 0 Å². The molecule has 0 saturated carbocycles. The number of rotatable bonds is 0. The second-order valence-electron chi connectivity index (χ2n) is 1.27. The molecule has 0 nitrogen and oxygen atoms in total. The minimum atomic E-state index is -0.148. The SMILES string of the molecule is Cc1s[c]cc1F. The van der Waals surface area contributed by atoms with Crippen LogP contribution in [-0.2, 0) is 0 Å². The van der Waals surface area contributed by atoms with Crippen molar-refractivity contribution in [3.63, 3.8) is 0 Å². The highest BCUT2D eigenvalue weighted by molar-refractivity contribution is 7.09. The molecule has 0 N–H and O–H groups in total. The molecule has 37 valence electrons. The first kappa shape index (κ1) is 4.78. The van der Waals surface area contributed by atoms with Crippen molar-refractivity contribution in [1.82, 2.24) is 0 Å². The highest BCUT2D eigenvalue weighted by Gasteiger charge is 1.92. The van der Waals surface area contributed by atoms with Gasteiger partial charge in [-0.2, -0.15) is 0 Å². The summed E-state index contributed by atoms with van der Waals surface area (Å²) in [5.41, 5.74) is 0. The first-order valence-electron chi connectivity index (χ1n) is 1.92. The first-order valence-corrected chi connectivity index (χ1v) is 2.74. The van der Waals surface area contributed by atoms with E-state index in [4.69, 9.17) is 0 Å². The van der Waals surface area contributed by atoms with E-state index < -0.39 is 0 Å². The third-order valence-electron chi connectivity index (χ3n) is 0.734. The highest BCUT2D eigenvalue weighted by atomic mass is 32.1. The molecule has 0 spiro atoms. The second-order valence-corrected chi connectivity index (χ2v) is 2.32. The fourth-order valence-electron chi connectivity index (χ4n) is 0.320. The van der Waals surface area contributed by atoms with Gasteiger partial charge in [-0.1, -0.05) is 0 Å². The van der Waals surface area contributed by atoms with Crippen LogP contribution in [0.5, 0.6) is 0 Å². The van der Waals surface area contributed by atoms with Gasteiger partial charge in [0.15, 0.2) is 0 Å². The zero-order valence-electron chi connectivity index (χ0n) is 3.86. The van der Waals surface area contributed by atoms with Gasteiger partial charge in [-0.3, -0.25) is 0 Å². The normalized spacial score (nSPS) is 9.43. The summed E-state index contributed by atoms with van der Waals surface area (Å²) in [5.74, 6) is -0.148. The van der Waals surface area contributed by atoms with E-state index in [1.54, 1.807) is 6.92 Å². The molecule has 1 radical (unpaired) electrons. The van der Waals surface area contributed by atoms with Crippen LogP contribution < -0.4 is 0 Å². The number of hydrogen-bond donors (Lipinski definition) is 0. The summed E-state index contributed by atoms with van der Waals surface area (Å²) >= 11 is 1.30. The van der Waals surface area contributed by atoms with Crippen LogP contribution in [0.2, 0.25) is 0 Å². The largest absolute Gasteiger partial charge is 0.206 e. The minimum Gasteiger partial charge on any atom is -0.206 e. The van der Waals surface area contributed by atoms with Crippen molar-refractivity contribution in [2.24, 2.45) is 0 Å². The summed E-state index contributed by atoms with van der Waals surface area (Å²) < 4.78 is 12.1. The Morgan fingerprint density at radius 1 is 1.86 bits per heavy atom. The van der Waals surface area contributed by atoms with Crippen LogP contribution >= 0.6 is 11.3 Å². The van der Waals surface area contributed by atoms with Gasteiger partial charge in [-0.15, -0.1) is 11.3 Å². The topological polar surface area (TPSA) is 0 Å². The molecule has 1 aromatic heterocycles. The van der Waals surface area contributed by atoms with Gasteiger partial charge in [0.1, 0.15) is 5.82 Å². The van der Waals surface area contributed by atoms with Crippen molar-refractivity contribution < 1.29 is 4.39 Å². The predicted molar refractivity (Wildman–Crippen MR) is 27.8 cm³/mol. The van der Waals surface area contributed by atoms with Crippen molar-refractivity contribution >= 4 is 11.3 Å². The molecule has 0 amide bonds. The zero-order valence-corrected chi connectivity index (χ0v) is 4.68. The molecule has 2 heteroatoms. The molecule has 0 bridgehead atoms. The van der Waals surface area contributed by atoms with Gasteiger partial charge in [0.25, 0.3) is 0 Å². The van der Waals surface area contributed by atoms with Crippen molar-refractivity contribution in [2.45, 2.75) is 6.92 Å². The van der Waals surface area contributed by atoms with Gasteiger partial charge in [0.2, 0.25) is 0 Å². The molecule has 0 saturated heterocycles. The zero-order chi connectivity index (χ0) is 5.28. The lowest BCUT2D eigenvalue weighted by Gasteiger charge is -1.74. The average molecular weight is 115 g/mol. The summed E-state index contributed by atoms with van der Waals surface area (Å²) in [4.78, 5) is 0.708. The molecule has 0 aliphatic rings. The molecule has 0 aliphatic carbocycles. The molecule has 0 aliphatic heterocycles. The van der Waals surface area contributed by atoms with Gasteiger partial charge in [0.05, 0.1) is 0 Å². The molecule has 0 fully saturated rings. The minimum absolute atomic E-state index is 0.148. The Bertz CT molecular complexity index is 140. The number of halogens is 1. The van der Waals surface area contributed by atoms with E-state index in [0.717, 1.165) is 0 Å². The average Bonchev–Trinajstić information content (AvgIpc) is 1.91. The van der Waals surface area contributed by atoms with Gasteiger partial charge in [-0.05, 0) is 13.0 Å². The van der Waals surface area contributed by atoms with E-state index >= 15 is 0 Å². The quantitative estimate of drug-likeness (QED) is 0.485. The van der Waals surface area contributed by atoms with Gasteiger partial charge < -0.3 is 0 Å². The molecular weight excluding hydrogens is 111 g/mol. The summed E-state index contributed by atoms with van der Waals surface area (Å²) in [6, 6.07) is 1.35. The molecule has 1 heterocycles. The molecule has 1 aromatic rings. The summed E-state index contributed by atoms with van der Waals surface area (Å²) in [6.45, 7) is 1.73. The Morgan fingerprint density at radius 3 is 2.71 bits per heavy atom. The highest BCUT2D eigenvalue weighted by Crippen LogP contribution is 2.10. The van der Waals surface area contributed by atoms with Crippen LogP contribution in [-0.4, -0.2) is 0 Å². The van der Waals surface area contributed by atoms with E-state index in [2.05, 4.69) is 5.38 Å². The second kappa shape index (κ2) is 1.62. The Morgan fingerprint density at radius 2 is 2.57 bits per heavy atom. The first-order chi connectivity index (χ1) is 3.30. The molecule has 1 rings (SSSR count). The summed E-state index contributed by atoms with van der Waals surface area (Å²) in [5, 5.41) is 2.66. The van der Waals surface area contributed by atoms with Gasteiger partial charge in [0, 0.05) is 10.3 Å². The van der Waals surface area contributed by atoms with Crippen LogP contribution in [0.4, 0.5) is 4.39 Å². The lowest BCUT2D eigenvalue weighted by molar-refractivity contribution is 0.625. The monoisotopic (exact) mass is 115 g/mol. The van der Waals surface area contributed by atoms with E-state index in [1.807, 2.05) is 0 Å². The Balaban J connectivity index is 3.12. The Kier molecular flexibility index (Phi) is 1.11. The van der Waals surface area contributed by atoms with Gasteiger partial charge in [-0.25, -0.2) is 4.39 Å². The smallest absolute Gasteiger partial charge is 0.137 e. The van der Waals surface area contributed by atoms with E-state index in [1.165, 1.54) is 17.4 Å². The molecule has 7 heavy (non-hydrogen) atoms. The fourth-order valence-corrected chi connectivity index (χ4v) is 0.816. The van der Waals surface area contributed by atoms with E-state index in [-0.39, 0.29) is 5.82 Å². The van der Waals surface area contributed by atoms with E-state index in [9.17, 15) is 4.39 Å². The maximum atomic E-state index is 12.1. The van der Waals surface area contributed by atoms with E-state index in [0.29, 0.717) is 4.88 Å². The molecular formula is C5H4FS. The maximum Gasteiger partial charge on any atom is 0.137 e. The van der Waals surface area contributed by atoms with Crippen LogP contribution in [0.15, 0.2) is 6.07 Å². The van der Waals surface area contributed by atoms with Crippen LogP contribution in [0, 0.1) is 18.1 Å². The number of thiophene rings is 1. The predicted octanol–water partition coefficient (Wildman–Crippen LogP) is 2.00. The van der Waals surface area contributed by atoms with Crippen molar-refractivity contribution in [2.75, 3.05) is 0 Å². The third-order valence-corrected chi connectivity index (χ3v) is 1.47. The fraction of sp³-hybridized carbons (Fsp3) is 0.200. The summed E-state index contributed by atoms with van der Waals surface area (Å²) in [6.07, 6.45) is 0. The van der Waals surface area contributed by atoms with Crippen molar-refractivity contribution in [3.8, 4) is 0 Å².